The first-order chi connectivity index (χ1) is 9.79. The molecular formula is C16H34N2O2. The molecule has 0 amide bonds. The first-order valence-electron chi connectivity index (χ1n) is 8.39. The molecule has 1 aliphatic rings. The molecule has 0 unspecified atom stereocenters. The Balaban J connectivity index is 2.63. The summed E-state index contributed by atoms with van der Waals surface area (Å²) >= 11 is 0. The maximum atomic E-state index is 6.19. The van der Waals surface area contributed by atoms with Crippen LogP contribution in [-0.2, 0) is 9.47 Å². The molecule has 0 spiro atoms. The predicted octanol–water partition coefficient (Wildman–Crippen LogP) is 2.41. The summed E-state index contributed by atoms with van der Waals surface area (Å²) in [5.41, 5.74) is 6.37. The van der Waals surface area contributed by atoms with Crippen LogP contribution in [0, 0.1) is 0 Å². The Morgan fingerprint density at radius 1 is 0.900 bits per heavy atom. The number of rotatable bonds is 10. The van der Waals surface area contributed by atoms with Gasteiger partial charge in [0.25, 0.3) is 0 Å². The molecule has 20 heavy (non-hydrogen) atoms. The molecule has 4 heteroatoms. The highest BCUT2D eigenvalue weighted by atomic mass is 16.5. The van der Waals surface area contributed by atoms with E-state index in [2.05, 4.69) is 18.7 Å². The van der Waals surface area contributed by atoms with Crippen LogP contribution in [0.4, 0.5) is 0 Å². The molecule has 1 saturated carbocycles. The second-order valence-corrected chi connectivity index (χ2v) is 5.72. The number of nitrogens with two attached hydrogens (primary N) is 1. The summed E-state index contributed by atoms with van der Waals surface area (Å²) in [6.45, 7) is 9.96. The van der Waals surface area contributed by atoms with Gasteiger partial charge in [0.1, 0.15) is 0 Å². The van der Waals surface area contributed by atoms with Gasteiger partial charge in [-0.15, -0.1) is 0 Å². The van der Waals surface area contributed by atoms with Gasteiger partial charge in [0.05, 0.1) is 13.2 Å². The van der Waals surface area contributed by atoms with Gasteiger partial charge in [-0.05, 0) is 26.7 Å². The highest BCUT2D eigenvalue weighted by Crippen LogP contribution is 2.31. The van der Waals surface area contributed by atoms with E-state index in [1.165, 1.54) is 38.5 Å². The van der Waals surface area contributed by atoms with Crippen LogP contribution in [0.3, 0.4) is 0 Å². The zero-order valence-electron chi connectivity index (χ0n) is 13.5. The third-order valence-electron chi connectivity index (χ3n) is 4.50. The number of hydrogen-bond donors (Lipinski definition) is 1. The van der Waals surface area contributed by atoms with Gasteiger partial charge >= 0.3 is 0 Å². The van der Waals surface area contributed by atoms with E-state index < -0.39 is 0 Å². The first kappa shape index (κ1) is 17.9. The molecule has 0 aromatic heterocycles. The second kappa shape index (κ2) is 10.6. The highest BCUT2D eigenvalue weighted by Gasteiger charge is 2.35. The molecule has 4 nitrogen and oxygen atoms in total. The molecule has 0 saturated heterocycles. The third kappa shape index (κ3) is 5.68. The largest absolute Gasteiger partial charge is 0.380 e. The summed E-state index contributed by atoms with van der Waals surface area (Å²) in [7, 11) is 0. The zero-order valence-corrected chi connectivity index (χ0v) is 13.5. The van der Waals surface area contributed by atoms with Crippen molar-refractivity contribution < 1.29 is 9.47 Å². The van der Waals surface area contributed by atoms with E-state index >= 15 is 0 Å². The number of hydrogen-bond acceptors (Lipinski definition) is 4. The SMILES string of the molecule is CCOCCN(CCOCC)C1(CN)CCCCCC1. The maximum absolute atomic E-state index is 6.19. The van der Waals surface area contributed by atoms with Crippen molar-refractivity contribution in [1.29, 1.82) is 0 Å². The molecular weight excluding hydrogens is 252 g/mol. The quantitative estimate of drug-likeness (QED) is 0.495. The van der Waals surface area contributed by atoms with Crippen molar-refractivity contribution in [3.05, 3.63) is 0 Å². The topological polar surface area (TPSA) is 47.7 Å². The summed E-state index contributed by atoms with van der Waals surface area (Å²) in [6, 6.07) is 0. The molecule has 0 radical (unpaired) electrons. The van der Waals surface area contributed by atoms with Crippen LogP contribution in [-0.4, -0.2) is 56.5 Å². The van der Waals surface area contributed by atoms with Gasteiger partial charge in [0, 0.05) is 38.4 Å². The van der Waals surface area contributed by atoms with Crippen LogP contribution in [0.25, 0.3) is 0 Å². The van der Waals surface area contributed by atoms with Crippen LogP contribution in [0.5, 0.6) is 0 Å². The summed E-state index contributed by atoms with van der Waals surface area (Å²) in [5, 5.41) is 0. The Labute approximate surface area is 125 Å². The molecule has 120 valence electrons. The van der Waals surface area contributed by atoms with Crippen molar-refractivity contribution in [2.24, 2.45) is 5.73 Å². The van der Waals surface area contributed by atoms with Gasteiger partial charge in [0.2, 0.25) is 0 Å². The number of ether oxygens (including phenoxy) is 2. The van der Waals surface area contributed by atoms with Crippen LogP contribution in [0.1, 0.15) is 52.4 Å². The summed E-state index contributed by atoms with van der Waals surface area (Å²) < 4.78 is 11.1. The van der Waals surface area contributed by atoms with E-state index in [4.69, 9.17) is 15.2 Å². The Bertz CT molecular complexity index is 219. The lowest BCUT2D eigenvalue weighted by Crippen LogP contribution is -2.55. The fourth-order valence-corrected chi connectivity index (χ4v) is 3.26. The standard InChI is InChI=1S/C16H34N2O2/c1-3-19-13-11-18(12-14-20-4-2)16(15-17)9-7-5-6-8-10-16/h3-15,17H2,1-2H3. The van der Waals surface area contributed by atoms with Crippen LogP contribution in [0.2, 0.25) is 0 Å². The summed E-state index contributed by atoms with van der Waals surface area (Å²) in [4.78, 5) is 2.55. The normalized spacial score (nSPS) is 19.2. The predicted molar refractivity (Wildman–Crippen MR) is 84.0 cm³/mol. The summed E-state index contributed by atoms with van der Waals surface area (Å²) in [5.74, 6) is 0. The molecule has 0 atom stereocenters. The fraction of sp³-hybridized carbons (Fsp3) is 1.00. The lowest BCUT2D eigenvalue weighted by molar-refractivity contribution is 0.0149. The first-order valence-corrected chi connectivity index (χ1v) is 8.39. The molecule has 0 aliphatic heterocycles. The molecule has 1 aliphatic carbocycles. The van der Waals surface area contributed by atoms with Crippen LogP contribution in [0.15, 0.2) is 0 Å². The lowest BCUT2D eigenvalue weighted by Gasteiger charge is -2.43. The van der Waals surface area contributed by atoms with E-state index in [0.717, 1.165) is 46.1 Å². The van der Waals surface area contributed by atoms with Crippen LogP contribution < -0.4 is 5.73 Å². The van der Waals surface area contributed by atoms with E-state index in [9.17, 15) is 0 Å². The molecule has 1 rings (SSSR count). The van der Waals surface area contributed by atoms with Crippen molar-refractivity contribution in [2.45, 2.75) is 57.9 Å². The van der Waals surface area contributed by atoms with E-state index in [-0.39, 0.29) is 5.54 Å². The average molecular weight is 286 g/mol. The minimum atomic E-state index is 0.171. The Hall–Kier alpha value is -0.160. The second-order valence-electron chi connectivity index (χ2n) is 5.72. The van der Waals surface area contributed by atoms with Crippen molar-refractivity contribution in [3.63, 3.8) is 0 Å². The molecule has 0 aromatic carbocycles. The molecule has 2 N–H and O–H groups in total. The van der Waals surface area contributed by atoms with Gasteiger partial charge in [-0.25, -0.2) is 0 Å². The van der Waals surface area contributed by atoms with Gasteiger partial charge in [-0.2, -0.15) is 0 Å². The third-order valence-corrected chi connectivity index (χ3v) is 4.50. The van der Waals surface area contributed by atoms with Gasteiger partial charge in [-0.1, -0.05) is 25.7 Å². The Morgan fingerprint density at radius 3 is 1.80 bits per heavy atom. The smallest absolute Gasteiger partial charge is 0.0593 e. The van der Waals surface area contributed by atoms with Gasteiger partial charge in [0.15, 0.2) is 0 Å². The molecule has 0 aromatic rings. The molecule has 1 fully saturated rings. The Morgan fingerprint density at radius 2 is 1.40 bits per heavy atom. The Kier molecular flexibility index (Phi) is 9.44. The summed E-state index contributed by atoms with van der Waals surface area (Å²) in [6.07, 6.45) is 7.76. The minimum absolute atomic E-state index is 0.171. The van der Waals surface area contributed by atoms with Gasteiger partial charge < -0.3 is 15.2 Å². The monoisotopic (exact) mass is 286 g/mol. The number of nitrogens with zero attached hydrogens (tertiary/aromatic N) is 1. The minimum Gasteiger partial charge on any atom is -0.380 e. The van der Waals surface area contributed by atoms with Crippen molar-refractivity contribution in [2.75, 3.05) is 46.1 Å². The molecule has 0 bridgehead atoms. The fourth-order valence-electron chi connectivity index (χ4n) is 3.26. The van der Waals surface area contributed by atoms with E-state index in [1.807, 2.05) is 0 Å². The van der Waals surface area contributed by atoms with Crippen molar-refractivity contribution in [1.82, 2.24) is 4.90 Å². The lowest BCUT2D eigenvalue weighted by atomic mass is 9.88. The van der Waals surface area contributed by atoms with Gasteiger partial charge in [-0.3, -0.25) is 4.90 Å². The zero-order chi connectivity index (χ0) is 14.7. The van der Waals surface area contributed by atoms with E-state index in [0.29, 0.717) is 0 Å². The van der Waals surface area contributed by atoms with E-state index in [1.54, 1.807) is 0 Å². The van der Waals surface area contributed by atoms with Crippen LogP contribution >= 0.6 is 0 Å². The van der Waals surface area contributed by atoms with Crippen molar-refractivity contribution >= 4 is 0 Å². The van der Waals surface area contributed by atoms with Crippen molar-refractivity contribution in [3.8, 4) is 0 Å². The highest BCUT2D eigenvalue weighted by molar-refractivity contribution is 4.93. The maximum Gasteiger partial charge on any atom is 0.0593 e. The molecule has 0 heterocycles. The average Bonchev–Trinajstić information content (AvgIpc) is 2.72.